The molecule has 0 saturated heterocycles. The minimum absolute atomic E-state index is 0.0900. The zero-order valence-corrected chi connectivity index (χ0v) is 16.1. The summed E-state index contributed by atoms with van der Waals surface area (Å²) in [6.07, 6.45) is 2.35. The fraction of sp³-hybridized carbons (Fsp3) is 0.211. The maximum atomic E-state index is 13.2. The first-order chi connectivity index (χ1) is 11.9. The van der Waals surface area contributed by atoms with Crippen LogP contribution < -0.4 is 4.90 Å². The molecule has 4 nitrogen and oxygen atoms in total. The Morgan fingerprint density at radius 3 is 2.44 bits per heavy atom. The lowest BCUT2D eigenvalue weighted by Gasteiger charge is -2.29. The van der Waals surface area contributed by atoms with Gasteiger partial charge in [-0.15, -0.1) is 0 Å². The maximum Gasteiger partial charge on any atom is 0.258 e. The van der Waals surface area contributed by atoms with Crippen LogP contribution >= 0.6 is 15.9 Å². The van der Waals surface area contributed by atoms with E-state index < -0.39 is 15.9 Å². The monoisotopic (exact) mass is 419 g/mol. The van der Waals surface area contributed by atoms with E-state index in [9.17, 15) is 13.2 Å². The van der Waals surface area contributed by atoms with Crippen LogP contribution in [0.4, 0.5) is 5.69 Å². The topological polar surface area (TPSA) is 54.5 Å². The number of carbonyl (C=O) groups excluding carboxylic acids is 1. The van der Waals surface area contributed by atoms with E-state index in [0.29, 0.717) is 5.56 Å². The number of para-hydroxylation sites is 1. The third-order valence-electron chi connectivity index (χ3n) is 4.18. The minimum atomic E-state index is -3.27. The van der Waals surface area contributed by atoms with E-state index in [1.807, 2.05) is 31.2 Å². The van der Waals surface area contributed by atoms with Crippen LogP contribution in [-0.2, 0) is 16.3 Å². The summed E-state index contributed by atoms with van der Waals surface area (Å²) in [7, 11) is -3.27. The SMILES string of the molecule is CCc1ccccc1N(C(=O)c1ccc(Br)cc1)[C@@H]1C=CS(=O)(=O)C1. The average Bonchev–Trinajstić information content (AvgIpc) is 2.95. The Balaban J connectivity index is 2.07. The van der Waals surface area contributed by atoms with Gasteiger partial charge in [0.15, 0.2) is 9.84 Å². The van der Waals surface area contributed by atoms with E-state index in [0.717, 1.165) is 22.1 Å². The number of rotatable bonds is 4. The molecule has 0 spiro atoms. The van der Waals surface area contributed by atoms with Crippen molar-refractivity contribution in [3.8, 4) is 0 Å². The van der Waals surface area contributed by atoms with Gasteiger partial charge < -0.3 is 4.90 Å². The second kappa shape index (κ2) is 7.14. The largest absolute Gasteiger partial charge is 0.300 e. The highest BCUT2D eigenvalue weighted by molar-refractivity contribution is 9.10. The molecule has 2 aromatic rings. The lowest BCUT2D eigenvalue weighted by Crippen LogP contribution is -2.41. The van der Waals surface area contributed by atoms with Gasteiger partial charge in [0.2, 0.25) is 0 Å². The highest BCUT2D eigenvalue weighted by Gasteiger charge is 2.32. The van der Waals surface area contributed by atoms with Crippen molar-refractivity contribution in [2.24, 2.45) is 0 Å². The van der Waals surface area contributed by atoms with Crippen LogP contribution in [-0.4, -0.2) is 26.1 Å². The quantitative estimate of drug-likeness (QED) is 0.752. The fourth-order valence-corrected chi connectivity index (χ4v) is 4.47. The Labute approximate surface area is 156 Å². The molecule has 1 aliphatic heterocycles. The number of carbonyl (C=O) groups is 1. The van der Waals surface area contributed by atoms with Crippen LogP contribution in [0.25, 0.3) is 0 Å². The Bertz CT molecular complexity index is 920. The molecule has 0 bridgehead atoms. The summed E-state index contributed by atoms with van der Waals surface area (Å²) < 4.78 is 24.7. The summed E-state index contributed by atoms with van der Waals surface area (Å²) in [6.45, 7) is 2.02. The summed E-state index contributed by atoms with van der Waals surface area (Å²) in [5.74, 6) is -0.298. The smallest absolute Gasteiger partial charge is 0.258 e. The molecule has 0 fully saturated rings. The van der Waals surface area contributed by atoms with Gasteiger partial charge in [0, 0.05) is 21.1 Å². The summed E-state index contributed by atoms with van der Waals surface area (Å²) in [6, 6.07) is 14.2. The van der Waals surface area contributed by atoms with E-state index in [1.165, 1.54) is 5.41 Å². The molecule has 1 amide bonds. The van der Waals surface area contributed by atoms with Gasteiger partial charge >= 0.3 is 0 Å². The lowest BCUT2D eigenvalue weighted by atomic mass is 10.1. The molecule has 0 aromatic heterocycles. The second-order valence-electron chi connectivity index (χ2n) is 5.89. The normalized spacial score (nSPS) is 18.2. The summed E-state index contributed by atoms with van der Waals surface area (Å²) in [4.78, 5) is 14.8. The van der Waals surface area contributed by atoms with Gasteiger partial charge in [-0.05, 0) is 48.4 Å². The van der Waals surface area contributed by atoms with Crippen molar-refractivity contribution < 1.29 is 13.2 Å². The number of amides is 1. The summed E-state index contributed by atoms with van der Waals surface area (Å²) in [5, 5.41) is 1.20. The first-order valence-electron chi connectivity index (χ1n) is 7.99. The van der Waals surface area contributed by atoms with Crippen LogP contribution in [0.2, 0.25) is 0 Å². The van der Waals surface area contributed by atoms with Gasteiger partial charge in [-0.3, -0.25) is 4.79 Å². The van der Waals surface area contributed by atoms with Crippen molar-refractivity contribution in [3.05, 3.63) is 75.6 Å². The maximum absolute atomic E-state index is 13.2. The molecule has 1 heterocycles. The van der Waals surface area contributed by atoms with Gasteiger partial charge in [0.1, 0.15) is 0 Å². The van der Waals surface area contributed by atoms with E-state index in [1.54, 1.807) is 35.2 Å². The van der Waals surface area contributed by atoms with Crippen molar-refractivity contribution in [2.45, 2.75) is 19.4 Å². The molecule has 2 aromatic carbocycles. The first-order valence-corrected chi connectivity index (χ1v) is 10.5. The van der Waals surface area contributed by atoms with Crippen molar-refractivity contribution in [2.75, 3.05) is 10.7 Å². The first kappa shape index (κ1) is 17.9. The molecule has 130 valence electrons. The van der Waals surface area contributed by atoms with Gasteiger partial charge in [-0.2, -0.15) is 0 Å². The zero-order valence-electron chi connectivity index (χ0n) is 13.7. The van der Waals surface area contributed by atoms with E-state index >= 15 is 0 Å². The fourth-order valence-electron chi connectivity index (χ4n) is 2.94. The van der Waals surface area contributed by atoms with Gasteiger partial charge in [-0.1, -0.05) is 41.1 Å². The van der Waals surface area contributed by atoms with Gasteiger partial charge in [0.25, 0.3) is 5.91 Å². The molecule has 1 aliphatic rings. The predicted octanol–water partition coefficient (Wildman–Crippen LogP) is 3.97. The van der Waals surface area contributed by atoms with Crippen molar-refractivity contribution in [3.63, 3.8) is 0 Å². The number of anilines is 1. The highest BCUT2D eigenvalue weighted by atomic mass is 79.9. The molecule has 0 saturated carbocycles. The number of benzene rings is 2. The molecule has 0 N–H and O–H groups in total. The van der Waals surface area contributed by atoms with Crippen LogP contribution in [0.3, 0.4) is 0 Å². The number of halogens is 1. The predicted molar refractivity (Wildman–Crippen MR) is 103 cm³/mol. The Morgan fingerprint density at radius 1 is 1.16 bits per heavy atom. The standard InChI is InChI=1S/C19H18BrNO3S/c1-2-14-5-3-4-6-18(14)21(17-11-12-25(23,24)13-17)19(22)15-7-9-16(20)10-8-15/h3-12,17H,2,13H2,1H3/t17-/m1/s1. The average molecular weight is 420 g/mol. The van der Waals surface area contributed by atoms with Crippen molar-refractivity contribution >= 4 is 37.4 Å². The molecule has 1 atom stereocenters. The molecule has 3 rings (SSSR count). The Kier molecular flexibility index (Phi) is 5.11. The minimum Gasteiger partial charge on any atom is -0.300 e. The van der Waals surface area contributed by atoms with E-state index in [4.69, 9.17) is 0 Å². The highest BCUT2D eigenvalue weighted by Crippen LogP contribution is 2.28. The molecule has 6 heteroatoms. The second-order valence-corrected chi connectivity index (χ2v) is 8.74. The molecular weight excluding hydrogens is 402 g/mol. The summed E-state index contributed by atoms with van der Waals surface area (Å²) in [5.41, 5.74) is 2.28. The van der Waals surface area contributed by atoms with Crippen molar-refractivity contribution in [1.82, 2.24) is 0 Å². The van der Waals surface area contributed by atoms with E-state index in [2.05, 4.69) is 15.9 Å². The third-order valence-corrected chi connectivity index (χ3v) is 6.09. The number of hydrogen-bond donors (Lipinski definition) is 0. The van der Waals surface area contributed by atoms with Crippen molar-refractivity contribution in [1.29, 1.82) is 0 Å². The van der Waals surface area contributed by atoms with Crippen LogP contribution in [0.5, 0.6) is 0 Å². The number of sulfone groups is 1. The van der Waals surface area contributed by atoms with Gasteiger partial charge in [-0.25, -0.2) is 8.42 Å². The molecular formula is C19H18BrNO3S. The molecule has 0 unspecified atom stereocenters. The number of hydrogen-bond acceptors (Lipinski definition) is 3. The Hall–Kier alpha value is -1.92. The number of nitrogens with zero attached hydrogens (tertiary/aromatic N) is 1. The van der Waals surface area contributed by atoms with E-state index in [-0.39, 0.29) is 11.7 Å². The van der Waals surface area contributed by atoms with Crippen LogP contribution in [0, 0.1) is 0 Å². The lowest BCUT2D eigenvalue weighted by molar-refractivity contribution is 0.0983. The van der Waals surface area contributed by atoms with Gasteiger partial charge in [0.05, 0.1) is 11.8 Å². The number of aryl methyl sites for hydroxylation is 1. The molecule has 0 aliphatic carbocycles. The van der Waals surface area contributed by atoms with Crippen LogP contribution in [0.1, 0.15) is 22.8 Å². The zero-order chi connectivity index (χ0) is 18.0. The Morgan fingerprint density at radius 2 is 1.84 bits per heavy atom. The summed E-state index contributed by atoms with van der Waals surface area (Å²) >= 11 is 3.37. The molecule has 25 heavy (non-hydrogen) atoms. The third kappa shape index (κ3) is 3.85. The molecule has 0 radical (unpaired) electrons. The van der Waals surface area contributed by atoms with Crippen LogP contribution in [0.15, 0.2) is 64.5 Å².